The normalized spacial score (nSPS) is 13.4. The fourth-order valence-corrected chi connectivity index (χ4v) is 4.13. The predicted octanol–water partition coefficient (Wildman–Crippen LogP) is 3.19. The second-order valence-corrected chi connectivity index (χ2v) is 7.77. The van der Waals surface area contributed by atoms with Crippen LogP contribution >= 0.6 is 0 Å². The molecule has 0 N–H and O–H groups in total. The van der Waals surface area contributed by atoms with E-state index in [4.69, 9.17) is 4.98 Å². The number of hydrogen-bond acceptors (Lipinski definition) is 4. The van der Waals surface area contributed by atoms with Gasteiger partial charge in [0, 0.05) is 32.4 Å². The maximum Gasteiger partial charge on any atom is 0.332 e. The minimum Gasteiger partial charge on any atom is -0.310 e. The summed E-state index contributed by atoms with van der Waals surface area (Å²) in [5, 5.41) is 0. The molecule has 2 aromatic heterocycles. The minimum absolute atomic E-state index is 0.221. The number of nitrogens with zero attached hydrogens (tertiary/aromatic N) is 5. The Morgan fingerprint density at radius 2 is 1.76 bits per heavy atom. The van der Waals surface area contributed by atoms with E-state index < -0.39 is 0 Å². The summed E-state index contributed by atoms with van der Waals surface area (Å²) in [6, 6.07) is 8.44. The van der Waals surface area contributed by atoms with Gasteiger partial charge in [-0.2, -0.15) is 4.98 Å². The van der Waals surface area contributed by atoms with E-state index in [1.54, 1.807) is 7.05 Å². The molecule has 0 bridgehead atoms. The Bertz CT molecular complexity index is 1140. The van der Waals surface area contributed by atoms with Crippen molar-refractivity contribution in [2.45, 2.75) is 59.0 Å². The van der Waals surface area contributed by atoms with Crippen molar-refractivity contribution in [1.29, 1.82) is 0 Å². The molecule has 3 heterocycles. The van der Waals surface area contributed by atoms with Crippen molar-refractivity contribution in [3.8, 4) is 0 Å². The number of imidazole rings is 1. The van der Waals surface area contributed by atoms with Crippen molar-refractivity contribution < 1.29 is 0 Å². The quantitative estimate of drug-likeness (QED) is 0.576. The fraction of sp³-hybridized carbons (Fsp3) is 0.500. The Hall–Kier alpha value is -2.83. The minimum atomic E-state index is -0.283. The van der Waals surface area contributed by atoms with Crippen molar-refractivity contribution in [2.24, 2.45) is 7.05 Å². The van der Waals surface area contributed by atoms with Crippen LogP contribution in [0.3, 0.4) is 0 Å². The second kappa shape index (κ2) is 7.89. The molecule has 154 valence electrons. The Kier molecular flexibility index (Phi) is 5.30. The van der Waals surface area contributed by atoms with Crippen LogP contribution in [-0.4, -0.2) is 25.2 Å². The summed E-state index contributed by atoms with van der Waals surface area (Å²) < 4.78 is 4.86. The van der Waals surface area contributed by atoms with E-state index >= 15 is 0 Å². The summed E-state index contributed by atoms with van der Waals surface area (Å²) in [6.45, 7) is 6.20. The van der Waals surface area contributed by atoms with Crippen molar-refractivity contribution >= 4 is 22.8 Å². The molecular formula is C22H29N5O2. The van der Waals surface area contributed by atoms with Crippen LogP contribution in [0.2, 0.25) is 0 Å². The first-order valence-corrected chi connectivity index (χ1v) is 10.6. The van der Waals surface area contributed by atoms with Gasteiger partial charge in [0.05, 0.1) is 0 Å². The maximum atomic E-state index is 13.2. The van der Waals surface area contributed by atoms with E-state index in [2.05, 4.69) is 43.0 Å². The van der Waals surface area contributed by atoms with Crippen LogP contribution in [-0.2, 0) is 26.6 Å². The van der Waals surface area contributed by atoms with E-state index in [0.717, 1.165) is 50.3 Å². The van der Waals surface area contributed by atoms with Crippen molar-refractivity contribution in [3.63, 3.8) is 0 Å². The number of aryl methyl sites for hydroxylation is 2. The summed E-state index contributed by atoms with van der Waals surface area (Å²) in [4.78, 5) is 32.8. The second-order valence-electron chi connectivity index (χ2n) is 7.77. The maximum absolute atomic E-state index is 13.2. The zero-order valence-electron chi connectivity index (χ0n) is 17.5. The molecular weight excluding hydrogens is 366 g/mol. The van der Waals surface area contributed by atoms with Gasteiger partial charge >= 0.3 is 5.69 Å². The highest BCUT2D eigenvalue weighted by atomic mass is 16.2. The average Bonchev–Trinajstić information content (AvgIpc) is 3.31. The number of rotatable bonds is 7. The third-order valence-electron chi connectivity index (χ3n) is 5.89. The molecule has 1 aromatic carbocycles. The number of fused-ring (bicyclic) bond motifs is 3. The van der Waals surface area contributed by atoms with Crippen LogP contribution in [0.15, 0.2) is 33.9 Å². The third-order valence-corrected chi connectivity index (χ3v) is 5.89. The molecule has 0 aliphatic carbocycles. The number of anilines is 2. The zero-order valence-corrected chi connectivity index (χ0v) is 17.5. The highest BCUT2D eigenvalue weighted by molar-refractivity contribution is 5.77. The molecule has 0 radical (unpaired) electrons. The lowest BCUT2D eigenvalue weighted by atomic mass is 10.1. The zero-order chi connectivity index (χ0) is 20.5. The molecule has 29 heavy (non-hydrogen) atoms. The standard InChI is InChI=1S/C22H29N5O2/c1-4-6-7-8-13-27-20(28)18-19(24(3)22(27)29)23-21-25(14-15-26(18)21)17-11-9-16(5-2)10-12-17/h9-12H,4-8,13-15H2,1-3H3. The van der Waals surface area contributed by atoms with E-state index in [1.807, 2.05) is 4.57 Å². The van der Waals surface area contributed by atoms with Crippen LogP contribution in [0, 0.1) is 0 Å². The van der Waals surface area contributed by atoms with E-state index in [0.29, 0.717) is 24.3 Å². The van der Waals surface area contributed by atoms with Gasteiger partial charge in [-0.3, -0.25) is 13.9 Å². The van der Waals surface area contributed by atoms with Crippen molar-refractivity contribution in [1.82, 2.24) is 18.7 Å². The molecule has 0 amide bonds. The molecule has 0 saturated carbocycles. The molecule has 1 aliphatic heterocycles. The molecule has 0 spiro atoms. The Morgan fingerprint density at radius 1 is 1.00 bits per heavy atom. The van der Waals surface area contributed by atoms with Crippen LogP contribution in [0.4, 0.5) is 11.6 Å². The van der Waals surface area contributed by atoms with Gasteiger partial charge in [-0.25, -0.2) is 4.79 Å². The Morgan fingerprint density at radius 3 is 2.45 bits per heavy atom. The summed E-state index contributed by atoms with van der Waals surface area (Å²) in [7, 11) is 1.70. The van der Waals surface area contributed by atoms with Crippen LogP contribution < -0.4 is 16.1 Å². The predicted molar refractivity (Wildman–Crippen MR) is 116 cm³/mol. The average molecular weight is 396 g/mol. The molecule has 4 rings (SSSR count). The van der Waals surface area contributed by atoms with E-state index in [1.165, 1.54) is 14.7 Å². The van der Waals surface area contributed by atoms with Crippen LogP contribution in [0.25, 0.3) is 11.2 Å². The molecule has 0 unspecified atom stereocenters. The number of hydrogen-bond donors (Lipinski definition) is 0. The van der Waals surface area contributed by atoms with Gasteiger partial charge in [-0.05, 0) is 30.5 Å². The van der Waals surface area contributed by atoms with Gasteiger partial charge in [0.2, 0.25) is 5.95 Å². The highest BCUT2D eigenvalue weighted by Gasteiger charge is 2.28. The SMILES string of the molecule is CCCCCCn1c(=O)c2c(nc3n2CCN3c2ccc(CC)cc2)n(C)c1=O. The first-order valence-electron chi connectivity index (χ1n) is 10.6. The monoisotopic (exact) mass is 395 g/mol. The topological polar surface area (TPSA) is 65.1 Å². The van der Waals surface area contributed by atoms with E-state index in [9.17, 15) is 9.59 Å². The molecule has 1 aliphatic rings. The van der Waals surface area contributed by atoms with Gasteiger partial charge in [-0.15, -0.1) is 0 Å². The Balaban J connectivity index is 1.77. The first-order chi connectivity index (χ1) is 14.1. The largest absolute Gasteiger partial charge is 0.332 e. The van der Waals surface area contributed by atoms with Crippen LogP contribution in [0.5, 0.6) is 0 Å². The molecule has 3 aromatic rings. The lowest BCUT2D eigenvalue weighted by Gasteiger charge is -2.16. The Labute approximate surface area is 170 Å². The molecule has 0 atom stereocenters. The van der Waals surface area contributed by atoms with Gasteiger partial charge in [0.1, 0.15) is 0 Å². The molecule has 0 saturated heterocycles. The summed E-state index contributed by atoms with van der Waals surface area (Å²) in [6.07, 6.45) is 5.10. The van der Waals surface area contributed by atoms with Crippen LogP contribution in [0.1, 0.15) is 45.1 Å². The number of benzene rings is 1. The summed E-state index contributed by atoms with van der Waals surface area (Å²) >= 11 is 0. The van der Waals surface area contributed by atoms with Crippen molar-refractivity contribution in [3.05, 3.63) is 50.7 Å². The summed E-state index contributed by atoms with van der Waals surface area (Å²) in [5.74, 6) is 0.736. The number of unbranched alkanes of at least 4 members (excludes halogenated alkanes) is 3. The van der Waals surface area contributed by atoms with E-state index in [-0.39, 0.29) is 11.2 Å². The van der Waals surface area contributed by atoms with Gasteiger partial charge in [0.25, 0.3) is 5.56 Å². The smallest absolute Gasteiger partial charge is 0.310 e. The van der Waals surface area contributed by atoms with Gasteiger partial charge < -0.3 is 9.47 Å². The molecule has 7 heteroatoms. The lowest BCUT2D eigenvalue weighted by Crippen LogP contribution is -2.39. The fourth-order valence-electron chi connectivity index (χ4n) is 4.13. The number of aromatic nitrogens is 4. The summed E-state index contributed by atoms with van der Waals surface area (Å²) in [5.41, 5.74) is 2.84. The molecule has 7 nitrogen and oxygen atoms in total. The van der Waals surface area contributed by atoms with Gasteiger partial charge in [-0.1, -0.05) is 45.2 Å². The highest BCUT2D eigenvalue weighted by Crippen LogP contribution is 2.31. The lowest BCUT2D eigenvalue weighted by molar-refractivity contribution is 0.538. The first kappa shape index (κ1) is 19.5. The van der Waals surface area contributed by atoms with Gasteiger partial charge in [0.15, 0.2) is 11.2 Å². The molecule has 0 fully saturated rings. The van der Waals surface area contributed by atoms with Crippen molar-refractivity contribution in [2.75, 3.05) is 11.4 Å². The third kappa shape index (κ3) is 3.28.